The molecule has 0 aromatic carbocycles. The summed E-state index contributed by atoms with van der Waals surface area (Å²) in [5, 5.41) is 31.0. The van der Waals surface area contributed by atoms with Gasteiger partial charge in [0.25, 0.3) is 0 Å². The van der Waals surface area contributed by atoms with Crippen LogP contribution in [-0.4, -0.2) is 39.4 Å². The molecule has 0 aromatic rings. The molecular formula is C30H44O4. The molecule has 188 valence electrons. The van der Waals surface area contributed by atoms with Crippen LogP contribution in [0.1, 0.15) is 85.5 Å². The first-order valence-corrected chi connectivity index (χ1v) is 13.2. The van der Waals surface area contributed by atoms with Crippen LogP contribution in [0.4, 0.5) is 0 Å². The van der Waals surface area contributed by atoms with Gasteiger partial charge in [0.1, 0.15) is 5.78 Å². The smallest absolute Gasteiger partial charge is 0.138 e. The average Bonchev–Trinajstić information content (AvgIpc) is 3.50. The highest BCUT2D eigenvalue weighted by molar-refractivity contribution is 5.86. The third kappa shape index (κ3) is 4.54. The van der Waals surface area contributed by atoms with Gasteiger partial charge in [-0.1, -0.05) is 57.2 Å². The highest BCUT2D eigenvalue weighted by Crippen LogP contribution is 2.62. The van der Waals surface area contributed by atoms with E-state index >= 15 is 0 Å². The largest absolute Gasteiger partial charge is 0.393 e. The fourth-order valence-electron chi connectivity index (χ4n) is 7.56. The zero-order valence-corrected chi connectivity index (χ0v) is 21.5. The van der Waals surface area contributed by atoms with Crippen LogP contribution in [0, 0.1) is 28.1 Å². The van der Waals surface area contributed by atoms with Crippen molar-refractivity contribution in [2.75, 3.05) is 0 Å². The van der Waals surface area contributed by atoms with Crippen molar-refractivity contribution < 1.29 is 20.1 Å². The van der Waals surface area contributed by atoms with Crippen LogP contribution in [0.25, 0.3) is 0 Å². The molecule has 0 radical (unpaired) electrons. The molecular weight excluding hydrogens is 424 g/mol. The monoisotopic (exact) mass is 468 g/mol. The number of aliphatic hydroxyl groups excluding tert-OH is 3. The molecule has 4 nitrogen and oxygen atoms in total. The quantitative estimate of drug-likeness (QED) is 0.454. The fraction of sp³-hybridized carbons (Fsp3) is 0.700. The normalized spacial score (nSPS) is 39.0. The first-order valence-electron chi connectivity index (χ1n) is 13.2. The summed E-state index contributed by atoms with van der Waals surface area (Å²) in [6.07, 6.45) is 14.9. The van der Waals surface area contributed by atoms with Crippen LogP contribution in [0.5, 0.6) is 0 Å². The van der Waals surface area contributed by atoms with E-state index < -0.39 is 23.7 Å². The van der Waals surface area contributed by atoms with Crippen molar-refractivity contribution in [3.05, 3.63) is 47.6 Å². The summed E-state index contributed by atoms with van der Waals surface area (Å²) < 4.78 is 0. The minimum absolute atomic E-state index is 0.0653. The Morgan fingerprint density at radius 3 is 2.53 bits per heavy atom. The molecule has 4 rings (SSSR count). The van der Waals surface area contributed by atoms with Crippen molar-refractivity contribution in [1.29, 1.82) is 0 Å². The molecule has 4 saturated carbocycles. The molecule has 4 aliphatic carbocycles. The molecule has 4 fully saturated rings. The Hall–Kier alpha value is -1.49. The lowest BCUT2D eigenvalue weighted by Gasteiger charge is -2.47. The summed E-state index contributed by atoms with van der Waals surface area (Å²) in [5.41, 5.74) is 2.80. The Kier molecular flexibility index (Phi) is 6.92. The predicted molar refractivity (Wildman–Crippen MR) is 136 cm³/mol. The molecule has 0 saturated heterocycles. The third-order valence-electron chi connectivity index (χ3n) is 9.89. The SMILES string of the molecule is C=C1/C(=C\C=C2/CCC[C@]3(C)[C@@H](C(C)(C)/C=C/[C@@H](O)C4(C(C)=O)CC4)CC[C@@H]23)C[C@@H](O)C[C@@H]1O. The van der Waals surface area contributed by atoms with Crippen LogP contribution in [0.15, 0.2) is 47.6 Å². The number of carbonyl (C=O) groups is 1. The van der Waals surface area contributed by atoms with Crippen LogP contribution < -0.4 is 0 Å². The summed E-state index contributed by atoms with van der Waals surface area (Å²) >= 11 is 0. The maximum absolute atomic E-state index is 12.0. The molecule has 0 aromatic heterocycles. The van der Waals surface area contributed by atoms with Gasteiger partial charge in [-0.25, -0.2) is 0 Å². The van der Waals surface area contributed by atoms with E-state index in [9.17, 15) is 20.1 Å². The Labute approximate surface area is 205 Å². The minimum Gasteiger partial charge on any atom is -0.393 e. The molecule has 0 bridgehead atoms. The second kappa shape index (κ2) is 9.19. The standard InChI is InChI=1S/C30H44O4/c1-19-22(17-23(32)18-25(19)33)9-8-21-7-6-13-29(5)24(21)10-11-26(29)28(3,4)14-12-27(34)30(15-16-30)20(2)31/h8-9,12,14,23-27,32-34H,1,6-7,10-11,13,15-18H2,2-5H3/b14-12+,21-8+,22-9-/t23-,24+,25+,26-,27-,29+/m1/s1. The minimum atomic E-state index is -0.683. The van der Waals surface area contributed by atoms with E-state index in [0.717, 1.165) is 36.8 Å². The highest BCUT2D eigenvalue weighted by Gasteiger charge is 2.54. The molecule has 0 aliphatic heterocycles. The predicted octanol–water partition coefficient (Wildman–Crippen LogP) is 5.44. The van der Waals surface area contributed by atoms with E-state index in [1.807, 2.05) is 6.08 Å². The van der Waals surface area contributed by atoms with E-state index in [0.29, 0.717) is 24.7 Å². The first-order chi connectivity index (χ1) is 15.9. The summed E-state index contributed by atoms with van der Waals surface area (Å²) in [6, 6.07) is 0. The number of rotatable bonds is 6. The molecule has 0 amide bonds. The number of fused-ring (bicyclic) bond motifs is 1. The topological polar surface area (TPSA) is 77.8 Å². The number of allylic oxidation sites excluding steroid dienone is 4. The van der Waals surface area contributed by atoms with Crippen molar-refractivity contribution in [1.82, 2.24) is 0 Å². The second-order valence-electron chi connectivity index (χ2n) is 12.4. The number of aliphatic hydroxyl groups is 3. The maximum Gasteiger partial charge on any atom is 0.138 e. The van der Waals surface area contributed by atoms with Crippen LogP contribution >= 0.6 is 0 Å². The van der Waals surface area contributed by atoms with Crippen LogP contribution in [-0.2, 0) is 4.79 Å². The molecule has 0 spiro atoms. The van der Waals surface area contributed by atoms with Gasteiger partial charge in [0.15, 0.2) is 0 Å². The van der Waals surface area contributed by atoms with E-state index in [2.05, 4.69) is 45.6 Å². The second-order valence-corrected chi connectivity index (χ2v) is 12.4. The van der Waals surface area contributed by atoms with Gasteiger partial charge < -0.3 is 15.3 Å². The zero-order valence-electron chi connectivity index (χ0n) is 21.5. The number of hydrogen-bond donors (Lipinski definition) is 3. The summed E-state index contributed by atoms with van der Waals surface area (Å²) in [5.74, 6) is 1.14. The van der Waals surface area contributed by atoms with Gasteiger partial charge in [0, 0.05) is 6.42 Å². The van der Waals surface area contributed by atoms with Gasteiger partial charge in [-0.15, -0.1) is 0 Å². The first kappa shape index (κ1) is 25.6. The Morgan fingerprint density at radius 1 is 1.18 bits per heavy atom. The highest BCUT2D eigenvalue weighted by atomic mass is 16.3. The van der Waals surface area contributed by atoms with Gasteiger partial charge in [-0.05, 0) is 92.1 Å². The van der Waals surface area contributed by atoms with Crippen molar-refractivity contribution in [2.24, 2.45) is 28.1 Å². The molecule has 4 heteroatoms. The molecule has 0 unspecified atom stereocenters. The fourth-order valence-corrected chi connectivity index (χ4v) is 7.56. The Morgan fingerprint density at radius 2 is 1.88 bits per heavy atom. The van der Waals surface area contributed by atoms with Crippen molar-refractivity contribution in [2.45, 2.75) is 104 Å². The number of Topliss-reactive ketones (excluding diaryl/α,β-unsaturated/α-hetero) is 1. The Bertz CT molecular complexity index is 918. The Balaban J connectivity index is 1.52. The lowest BCUT2D eigenvalue weighted by atomic mass is 9.57. The lowest BCUT2D eigenvalue weighted by Crippen LogP contribution is -2.39. The van der Waals surface area contributed by atoms with E-state index in [1.165, 1.54) is 24.8 Å². The average molecular weight is 469 g/mol. The van der Waals surface area contributed by atoms with E-state index in [1.54, 1.807) is 6.92 Å². The van der Waals surface area contributed by atoms with Crippen molar-refractivity contribution in [3.8, 4) is 0 Å². The van der Waals surface area contributed by atoms with Gasteiger partial charge in [0.2, 0.25) is 0 Å². The van der Waals surface area contributed by atoms with Gasteiger partial charge in [0.05, 0.1) is 23.7 Å². The zero-order chi connectivity index (χ0) is 24.9. The maximum atomic E-state index is 12.0. The molecule has 6 atom stereocenters. The molecule has 3 N–H and O–H groups in total. The van der Waals surface area contributed by atoms with Crippen LogP contribution in [0.2, 0.25) is 0 Å². The number of ketones is 1. The van der Waals surface area contributed by atoms with Gasteiger partial charge in [-0.2, -0.15) is 0 Å². The lowest BCUT2D eigenvalue weighted by molar-refractivity contribution is -0.124. The molecule has 0 heterocycles. The summed E-state index contributed by atoms with van der Waals surface area (Å²) in [4.78, 5) is 12.0. The third-order valence-corrected chi connectivity index (χ3v) is 9.89. The summed E-state index contributed by atoms with van der Waals surface area (Å²) in [7, 11) is 0. The van der Waals surface area contributed by atoms with Crippen molar-refractivity contribution in [3.63, 3.8) is 0 Å². The van der Waals surface area contributed by atoms with Crippen LogP contribution in [0.3, 0.4) is 0 Å². The molecule has 34 heavy (non-hydrogen) atoms. The number of hydrogen-bond acceptors (Lipinski definition) is 4. The van der Waals surface area contributed by atoms with Crippen molar-refractivity contribution >= 4 is 5.78 Å². The van der Waals surface area contributed by atoms with Gasteiger partial charge in [-0.3, -0.25) is 4.79 Å². The van der Waals surface area contributed by atoms with E-state index in [-0.39, 0.29) is 16.6 Å². The van der Waals surface area contributed by atoms with Gasteiger partial charge >= 0.3 is 0 Å². The van der Waals surface area contributed by atoms with E-state index in [4.69, 9.17) is 0 Å². The summed E-state index contributed by atoms with van der Waals surface area (Å²) in [6.45, 7) is 12.7. The molecule has 4 aliphatic rings. The number of carbonyl (C=O) groups excluding carboxylic acids is 1.